The minimum absolute atomic E-state index is 0.0310. The van der Waals surface area contributed by atoms with Gasteiger partial charge in [-0.2, -0.15) is 13.2 Å². The fourth-order valence-corrected chi connectivity index (χ4v) is 5.18. The maximum atomic E-state index is 13.5. The lowest BCUT2D eigenvalue weighted by molar-refractivity contribution is -0.146. The Morgan fingerprint density at radius 3 is 2.49 bits per heavy atom. The van der Waals surface area contributed by atoms with Crippen LogP contribution in [-0.4, -0.2) is 25.2 Å². The molecule has 12 heteroatoms. The minimum Gasteiger partial charge on any atom is -0.480 e. The predicted molar refractivity (Wildman–Crippen MR) is 123 cm³/mol. The van der Waals surface area contributed by atoms with Gasteiger partial charge in [-0.25, -0.2) is 19.1 Å². The quantitative estimate of drug-likeness (QED) is 0.418. The number of thiophene rings is 1. The van der Waals surface area contributed by atoms with Gasteiger partial charge in [0.2, 0.25) is 5.89 Å². The van der Waals surface area contributed by atoms with Gasteiger partial charge in [0, 0.05) is 6.54 Å². The molecule has 8 nitrogen and oxygen atoms in total. The molecular weight excluding hydrogens is 487 g/mol. The van der Waals surface area contributed by atoms with Gasteiger partial charge in [-0.1, -0.05) is 18.2 Å². The van der Waals surface area contributed by atoms with E-state index >= 15 is 0 Å². The Bertz CT molecular complexity index is 1550. The van der Waals surface area contributed by atoms with Gasteiger partial charge in [0.05, 0.1) is 22.0 Å². The van der Waals surface area contributed by atoms with Crippen molar-refractivity contribution in [3.05, 3.63) is 74.3 Å². The Kier molecular flexibility index (Phi) is 5.95. The summed E-state index contributed by atoms with van der Waals surface area (Å²) in [5.41, 5.74) is -4.08. The van der Waals surface area contributed by atoms with Gasteiger partial charge < -0.3 is 9.52 Å². The van der Waals surface area contributed by atoms with E-state index in [0.29, 0.717) is 15.0 Å². The maximum Gasteiger partial charge on any atom is 0.416 e. The molecular formula is C23H20F3N3O5S. The molecule has 0 bridgehead atoms. The van der Waals surface area contributed by atoms with Gasteiger partial charge in [0.1, 0.15) is 16.6 Å². The number of benzene rings is 1. The number of halogens is 3. The molecule has 0 amide bonds. The van der Waals surface area contributed by atoms with E-state index < -0.39 is 34.5 Å². The van der Waals surface area contributed by atoms with Crippen molar-refractivity contribution in [2.75, 3.05) is 0 Å². The number of aromatic nitrogens is 3. The average molecular weight is 507 g/mol. The first-order chi connectivity index (χ1) is 16.4. The molecule has 0 atom stereocenters. The molecule has 4 rings (SSSR count). The second-order valence-corrected chi connectivity index (χ2v) is 9.42. The van der Waals surface area contributed by atoms with Gasteiger partial charge in [-0.05, 0) is 44.4 Å². The molecule has 1 N–H and O–H groups in total. The van der Waals surface area contributed by atoms with Crippen LogP contribution in [0.5, 0.6) is 0 Å². The molecule has 1 aromatic carbocycles. The van der Waals surface area contributed by atoms with Crippen LogP contribution in [0, 0.1) is 6.92 Å². The number of nitrogens with zero attached hydrogens (tertiary/aromatic N) is 3. The highest BCUT2D eigenvalue weighted by atomic mass is 32.1. The Morgan fingerprint density at radius 2 is 1.89 bits per heavy atom. The Labute approximate surface area is 199 Å². The molecule has 0 saturated carbocycles. The second kappa shape index (κ2) is 8.52. The van der Waals surface area contributed by atoms with E-state index in [4.69, 9.17) is 4.42 Å². The molecule has 184 valence electrons. The zero-order chi connectivity index (χ0) is 25.7. The highest BCUT2D eigenvalue weighted by Gasteiger charge is 2.36. The first kappa shape index (κ1) is 24.5. The summed E-state index contributed by atoms with van der Waals surface area (Å²) in [6.07, 6.45) is -2.02. The van der Waals surface area contributed by atoms with Crippen LogP contribution in [0.2, 0.25) is 0 Å². The number of aryl methyl sites for hydroxylation is 3. The summed E-state index contributed by atoms with van der Waals surface area (Å²) in [6.45, 7) is 3.82. The summed E-state index contributed by atoms with van der Waals surface area (Å²) in [4.78, 5) is 43.6. The topological polar surface area (TPSA) is 107 Å². The lowest BCUT2D eigenvalue weighted by Crippen LogP contribution is -2.52. The zero-order valence-electron chi connectivity index (χ0n) is 18.8. The van der Waals surface area contributed by atoms with E-state index in [9.17, 15) is 32.7 Å². The number of fused-ring (bicyclic) bond motifs is 1. The Balaban J connectivity index is 1.98. The third kappa shape index (κ3) is 4.07. The molecule has 0 saturated heterocycles. The molecule has 0 aliphatic heterocycles. The van der Waals surface area contributed by atoms with Crippen LogP contribution < -0.4 is 11.2 Å². The standard InChI is InChI=1S/C23H20F3N3O5S/c1-12-15-18(30)29(22(2,3)20(31)32)21(33)28(19(15)35-16(12)17-27-9-11-34-17)10-8-13-6-4-5-7-14(13)23(24,25)26/h4-7,9,11H,8,10H2,1-3H3,(H,31,32). The molecule has 0 aliphatic carbocycles. The molecule has 3 heterocycles. The van der Waals surface area contributed by atoms with Crippen molar-refractivity contribution in [3.63, 3.8) is 0 Å². The van der Waals surface area contributed by atoms with Crippen molar-refractivity contribution in [1.82, 2.24) is 14.1 Å². The first-order valence-electron chi connectivity index (χ1n) is 10.4. The summed E-state index contributed by atoms with van der Waals surface area (Å²) in [5.74, 6) is -1.21. The summed E-state index contributed by atoms with van der Waals surface area (Å²) in [7, 11) is 0. The summed E-state index contributed by atoms with van der Waals surface area (Å²) >= 11 is 1.03. The van der Waals surface area contributed by atoms with Crippen LogP contribution in [0.3, 0.4) is 0 Å². The van der Waals surface area contributed by atoms with Crippen LogP contribution >= 0.6 is 11.3 Å². The van der Waals surface area contributed by atoms with Crippen LogP contribution in [0.4, 0.5) is 13.2 Å². The predicted octanol–water partition coefficient (Wildman–Crippen LogP) is 4.27. The van der Waals surface area contributed by atoms with Crippen molar-refractivity contribution >= 4 is 27.5 Å². The minimum atomic E-state index is -4.58. The lowest BCUT2D eigenvalue weighted by atomic mass is 10.0. The average Bonchev–Trinajstić information content (AvgIpc) is 3.41. The Morgan fingerprint density at radius 1 is 1.20 bits per heavy atom. The summed E-state index contributed by atoms with van der Waals surface area (Å²) in [5, 5.41) is 9.79. The number of oxazole rings is 1. The van der Waals surface area contributed by atoms with E-state index in [1.165, 1.54) is 44.5 Å². The SMILES string of the molecule is Cc1c(-c2ncco2)sc2c1c(=O)n(C(C)(C)C(=O)O)c(=O)n2CCc1ccccc1C(F)(F)F. The Hall–Kier alpha value is -3.67. The second-order valence-electron chi connectivity index (χ2n) is 8.42. The lowest BCUT2D eigenvalue weighted by Gasteiger charge is -2.23. The largest absolute Gasteiger partial charge is 0.480 e. The molecule has 0 fully saturated rings. The molecule has 35 heavy (non-hydrogen) atoms. The van der Waals surface area contributed by atoms with Gasteiger partial charge in [0.15, 0.2) is 0 Å². The highest BCUT2D eigenvalue weighted by Crippen LogP contribution is 2.36. The number of hydrogen-bond acceptors (Lipinski definition) is 6. The van der Waals surface area contributed by atoms with E-state index in [2.05, 4.69) is 4.98 Å². The molecule has 0 radical (unpaired) electrons. The zero-order valence-corrected chi connectivity index (χ0v) is 19.7. The number of carboxylic acid groups (broad SMARTS) is 1. The van der Waals surface area contributed by atoms with Crippen LogP contribution in [0.25, 0.3) is 21.0 Å². The van der Waals surface area contributed by atoms with Crippen molar-refractivity contribution in [1.29, 1.82) is 0 Å². The van der Waals surface area contributed by atoms with Gasteiger partial charge in [0.25, 0.3) is 5.56 Å². The first-order valence-corrected chi connectivity index (χ1v) is 11.2. The maximum absolute atomic E-state index is 13.5. The van der Waals surface area contributed by atoms with Crippen LogP contribution in [-0.2, 0) is 29.5 Å². The van der Waals surface area contributed by atoms with E-state index in [1.54, 1.807) is 6.92 Å². The molecule has 0 unspecified atom stereocenters. The number of alkyl halides is 3. The number of aliphatic carboxylic acids is 1. The fraction of sp³-hybridized carbons (Fsp3) is 0.304. The van der Waals surface area contributed by atoms with Crippen LogP contribution in [0.1, 0.15) is 30.5 Å². The van der Waals surface area contributed by atoms with Crippen molar-refractivity contribution < 1.29 is 27.5 Å². The summed E-state index contributed by atoms with van der Waals surface area (Å²) < 4.78 is 47.6. The number of rotatable bonds is 6. The molecule has 4 aromatic rings. The van der Waals surface area contributed by atoms with Gasteiger partial charge >= 0.3 is 17.8 Å². The van der Waals surface area contributed by atoms with E-state index in [0.717, 1.165) is 22.0 Å². The number of hydrogen-bond donors (Lipinski definition) is 1. The molecule has 0 spiro atoms. The molecule has 0 aliphatic rings. The normalized spacial score (nSPS) is 12.4. The fourth-order valence-electron chi connectivity index (χ4n) is 3.92. The van der Waals surface area contributed by atoms with Gasteiger partial charge in [-0.3, -0.25) is 9.36 Å². The third-order valence-corrected chi connectivity index (χ3v) is 7.15. The smallest absolute Gasteiger partial charge is 0.416 e. The van der Waals surface area contributed by atoms with E-state index in [-0.39, 0.29) is 34.6 Å². The molecule has 3 aromatic heterocycles. The van der Waals surface area contributed by atoms with Crippen molar-refractivity contribution in [2.24, 2.45) is 0 Å². The van der Waals surface area contributed by atoms with Crippen LogP contribution in [0.15, 0.2) is 50.7 Å². The highest BCUT2D eigenvalue weighted by molar-refractivity contribution is 7.22. The van der Waals surface area contributed by atoms with Crippen molar-refractivity contribution in [2.45, 2.75) is 45.5 Å². The van der Waals surface area contributed by atoms with E-state index in [1.807, 2.05) is 0 Å². The van der Waals surface area contributed by atoms with Gasteiger partial charge in [-0.15, -0.1) is 11.3 Å². The number of carbonyl (C=O) groups is 1. The third-order valence-electron chi connectivity index (χ3n) is 5.85. The summed E-state index contributed by atoms with van der Waals surface area (Å²) in [6, 6.07) is 5.02. The monoisotopic (exact) mass is 507 g/mol. The number of carboxylic acids is 1. The van der Waals surface area contributed by atoms with Crippen molar-refractivity contribution in [3.8, 4) is 10.8 Å².